The molecule has 0 atom stereocenters. The van der Waals surface area contributed by atoms with Crippen LogP contribution in [0, 0.1) is 0 Å². The second kappa shape index (κ2) is 14.0. The van der Waals surface area contributed by atoms with Crippen molar-refractivity contribution in [3.8, 4) is 0 Å². The summed E-state index contributed by atoms with van der Waals surface area (Å²) in [6.45, 7) is 9.99. The number of hydrogen-bond donors (Lipinski definition) is 1. The highest BCUT2D eigenvalue weighted by Gasteiger charge is 2.09. The second-order valence-electron chi connectivity index (χ2n) is 8.21. The Kier molecular flexibility index (Phi) is 11.2. The van der Waals surface area contributed by atoms with Crippen molar-refractivity contribution in [1.82, 2.24) is 9.97 Å². The zero-order valence-corrected chi connectivity index (χ0v) is 19.0. The van der Waals surface area contributed by atoms with Crippen LogP contribution in [0.15, 0.2) is 41.3 Å². The maximum Gasteiger partial charge on any atom is 0.248 e. The molecule has 30 heavy (non-hydrogen) atoms. The first-order valence-electron chi connectivity index (χ1n) is 11.6. The molecule has 1 saturated carbocycles. The van der Waals surface area contributed by atoms with Gasteiger partial charge in [0.1, 0.15) is 0 Å². The topological polar surface area (TPSA) is 58.2 Å². The number of hydrogen-bond acceptors (Lipinski definition) is 4. The molecular formula is C25H39N3O2. The Morgan fingerprint density at radius 2 is 1.73 bits per heavy atom. The Hall–Kier alpha value is -2.14. The molecule has 1 aliphatic carbocycles. The van der Waals surface area contributed by atoms with Crippen LogP contribution in [0.2, 0.25) is 0 Å². The van der Waals surface area contributed by atoms with Crippen molar-refractivity contribution < 1.29 is 4.74 Å². The van der Waals surface area contributed by atoms with Crippen LogP contribution in [-0.4, -0.2) is 36.3 Å². The third-order valence-electron chi connectivity index (χ3n) is 5.42. The first-order valence-corrected chi connectivity index (χ1v) is 11.6. The summed E-state index contributed by atoms with van der Waals surface area (Å²) in [7, 11) is 0. The predicted molar refractivity (Wildman–Crippen MR) is 126 cm³/mol. The van der Waals surface area contributed by atoms with E-state index in [4.69, 9.17) is 4.74 Å². The highest BCUT2D eigenvalue weighted by molar-refractivity contribution is 5.44. The number of aromatic amines is 1. The van der Waals surface area contributed by atoms with Crippen molar-refractivity contribution in [3.63, 3.8) is 0 Å². The fourth-order valence-corrected chi connectivity index (χ4v) is 3.50. The minimum absolute atomic E-state index is 0.0220. The summed E-state index contributed by atoms with van der Waals surface area (Å²) in [6, 6.07) is 9.49. The number of pyridine rings is 2. The number of nitrogens with one attached hydrogen (secondary N) is 1. The molecule has 2 aromatic rings. The standard InChI is InChI=1S/C12H18N2O.C8H11NO.C5H10/c1-2-11-4-5-12(10-13-11)14-6-3-8-15-9-7-14;1-6(2)7-4-3-5-8(10)9-7;1-2-4-5-3-1/h4-5,10H,2-3,6-9H2,1H3;3-6H,1-2H3,(H,9,10);1-5H2. The Morgan fingerprint density at radius 1 is 1.00 bits per heavy atom. The third-order valence-corrected chi connectivity index (χ3v) is 5.42. The first-order chi connectivity index (χ1) is 14.6. The van der Waals surface area contributed by atoms with Gasteiger partial charge in [-0.3, -0.25) is 9.78 Å². The largest absolute Gasteiger partial charge is 0.380 e. The summed E-state index contributed by atoms with van der Waals surface area (Å²) in [4.78, 5) is 20.3. The monoisotopic (exact) mass is 413 g/mol. The fourth-order valence-electron chi connectivity index (χ4n) is 3.50. The van der Waals surface area contributed by atoms with E-state index in [9.17, 15) is 4.79 Å². The van der Waals surface area contributed by atoms with Gasteiger partial charge in [0, 0.05) is 37.2 Å². The molecule has 1 saturated heterocycles. The third kappa shape index (κ3) is 9.12. The summed E-state index contributed by atoms with van der Waals surface area (Å²) in [5, 5.41) is 0. The van der Waals surface area contributed by atoms with Crippen LogP contribution in [0.5, 0.6) is 0 Å². The zero-order valence-electron chi connectivity index (χ0n) is 19.0. The van der Waals surface area contributed by atoms with Crippen molar-refractivity contribution in [1.29, 1.82) is 0 Å². The van der Waals surface area contributed by atoms with Gasteiger partial charge >= 0.3 is 0 Å². The van der Waals surface area contributed by atoms with Gasteiger partial charge in [-0.1, -0.05) is 58.9 Å². The number of ether oxygens (including phenoxy) is 1. The van der Waals surface area contributed by atoms with Crippen LogP contribution in [-0.2, 0) is 11.2 Å². The summed E-state index contributed by atoms with van der Waals surface area (Å²) in [5.74, 6) is 0.397. The highest BCUT2D eigenvalue weighted by atomic mass is 16.5. The molecule has 2 aromatic heterocycles. The predicted octanol–water partition coefficient (Wildman–Crippen LogP) is 5.32. The van der Waals surface area contributed by atoms with Gasteiger partial charge in [0.25, 0.3) is 0 Å². The molecule has 0 unspecified atom stereocenters. The molecule has 2 fully saturated rings. The van der Waals surface area contributed by atoms with Gasteiger partial charge in [-0.05, 0) is 37.0 Å². The van der Waals surface area contributed by atoms with Crippen LogP contribution in [0.4, 0.5) is 5.69 Å². The van der Waals surface area contributed by atoms with E-state index in [1.165, 1.54) is 43.9 Å². The molecule has 1 N–H and O–H groups in total. The molecule has 1 aliphatic heterocycles. The number of aromatic nitrogens is 2. The molecule has 0 spiro atoms. The highest BCUT2D eigenvalue weighted by Crippen LogP contribution is 2.15. The lowest BCUT2D eigenvalue weighted by molar-refractivity contribution is 0.152. The molecule has 2 aliphatic rings. The normalized spacial score (nSPS) is 16.2. The van der Waals surface area contributed by atoms with Gasteiger partial charge in [-0.25, -0.2) is 0 Å². The number of nitrogens with zero attached hydrogens (tertiary/aromatic N) is 2. The van der Waals surface area contributed by atoms with E-state index in [1.807, 2.05) is 26.1 Å². The van der Waals surface area contributed by atoms with Crippen LogP contribution in [0.25, 0.3) is 0 Å². The number of H-pyrrole nitrogens is 1. The van der Waals surface area contributed by atoms with Gasteiger partial charge in [-0.15, -0.1) is 0 Å². The van der Waals surface area contributed by atoms with Crippen molar-refractivity contribution in [2.75, 3.05) is 31.2 Å². The van der Waals surface area contributed by atoms with Crippen LogP contribution in [0.3, 0.4) is 0 Å². The molecule has 0 amide bonds. The Labute approximate surface area is 181 Å². The van der Waals surface area contributed by atoms with E-state index in [0.717, 1.165) is 50.5 Å². The Bertz CT molecular complexity index is 736. The summed E-state index contributed by atoms with van der Waals surface area (Å²) in [5.41, 5.74) is 3.35. The minimum atomic E-state index is -0.0220. The van der Waals surface area contributed by atoms with E-state index >= 15 is 0 Å². The molecule has 0 radical (unpaired) electrons. The average molecular weight is 414 g/mol. The quantitative estimate of drug-likeness (QED) is 0.740. The van der Waals surface area contributed by atoms with E-state index in [2.05, 4.69) is 33.9 Å². The first kappa shape index (κ1) is 24.1. The molecule has 0 bridgehead atoms. The second-order valence-corrected chi connectivity index (χ2v) is 8.21. The molecule has 0 aromatic carbocycles. The van der Waals surface area contributed by atoms with Gasteiger partial charge in [-0.2, -0.15) is 0 Å². The van der Waals surface area contributed by atoms with Gasteiger partial charge < -0.3 is 14.6 Å². The number of rotatable bonds is 3. The maximum absolute atomic E-state index is 10.7. The molecule has 3 heterocycles. The smallest absolute Gasteiger partial charge is 0.248 e. The lowest BCUT2D eigenvalue weighted by Gasteiger charge is -2.21. The summed E-state index contributed by atoms with van der Waals surface area (Å²) in [6.07, 6.45) is 11.6. The van der Waals surface area contributed by atoms with E-state index in [0.29, 0.717) is 5.92 Å². The zero-order chi connectivity index (χ0) is 21.6. The van der Waals surface area contributed by atoms with Crippen LogP contribution < -0.4 is 10.5 Å². The van der Waals surface area contributed by atoms with Gasteiger partial charge in [0.15, 0.2) is 0 Å². The molecule has 5 heteroatoms. The summed E-state index contributed by atoms with van der Waals surface area (Å²) < 4.78 is 5.43. The van der Waals surface area contributed by atoms with Gasteiger partial charge in [0.2, 0.25) is 5.56 Å². The SMILES string of the molecule is C1CCCC1.CC(C)c1cccc(=O)[nH]1.CCc1ccc(N2CCCOCC2)cn1. The lowest BCUT2D eigenvalue weighted by atomic mass is 10.1. The van der Waals surface area contributed by atoms with Gasteiger partial charge in [0.05, 0.1) is 18.5 Å². The Balaban J connectivity index is 0.000000183. The molecular weight excluding hydrogens is 374 g/mol. The van der Waals surface area contributed by atoms with E-state index < -0.39 is 0 Å². The number of aryl methyl sites for hydroxylation is 1. The van der Waals surface area contributed by atoms with E-state index in [1.54, 1.807) is 6.07 Å². The fraction of sp³-hybridized carbons (Fsp3) is 0.600. The van der Waals surface area contributed by atoms with Crippen LogP contribution in [0.1, 0.15) is 76.6 Å². The lowest BCUT2D eigenvalue weighted by Crippen LogP contribution is -2.25. The van der Waals surface area contributed by atoms with Crippen molar-refractivity contribution in [2.24, 2.45) is 0 Å². The average Bonchev–Trinajstić information content (AvgIpc) is 3.24. The van der Waals surface area contributed by atoms with Crippen molar-refractivity contribution in [3.05, 3.63) is 58.3 Å². The van der Waals surface area contributed by atoms with Crippen molar-refractivity contribution in [2.45, 2.75) is 71.6 Å². The molecule has 166 valence electrons. The molecule has 5 nitrogen and oxygen atoms in total. The Morgan fingerprint density at radius 3 is 2.27 bits per heavy atom. The molecule has 4 rings (SSSR count). The number of anilines is 1. The van der Waals surface area contributed by atoms with Crippen molar-refractivity contribution >= 4 is 5.69 Å². The van der Waals surface area contributed by atoms with E-state index in [-0.39, 0.29) is 5.56 Å². The maximum atomic E-state index is 10.7. The van der Waals surface area contributed by atoms with Crippen LogP contribution >= 0.6 is 0 Å². The summed E-state index contributed by atoms with van der Waals surface area (Å²) >= 11 is 0. The minimum Gasteiger partial charge on any atom is -0.380 e.